The quantitative estimate of drug-likeness (QED) is 0.904. The molecule has 6 nitrogen and oxygen atoms in total. The summed E-state index contributed by atoms with van der Waals surface area (Å²) in [5, 5.41) is 4.22. The molecule has 24 heavy (non-hydrogen) atoms. The van der Waals surface area contributed by atoms with E-state index in [9.17, 15) is 4.79 Å². The van der Waals surface area contributed by atoms with E-state index in [2.05, 4.69) is 20.2 Å². The van der Waals surface area contributed by atoms with Gasteiger partial charge in [-0.3, -0.25) is 4.79 Å². The highest BCUT2D eigenvalue weighted by Gasteiger charge is 2.19. The van der Waals surface area contributed by atoms with Gasteiger partial charge in [-0.25, -0.2) is 4.98 Å². The van der Waals surface area contributed by atoms with Crippen LogP contribution in [0.2, 0.25) is 10.0 Å². The Balaban J connectivity index is 1.73. The number of carbonyl (C=O) groups is 1. The largest absolute Gasteiger partial charge is 0.353 e. The Morgan fingerprint density at radius 2 is 1.92 bits per heavy atom. The first-order valence-corrected chi connectivity index (χ1v) is 8.34. The van der Waals surface area contributed by atoms with Gasteiger partial charge < -0.3 is 15.1 Å². The predicted molar refractivity (Wildman–Crippen MR) is 96.2 cm³/mol. The summed E-state index contributed by atoms with van der Waals surface area (Å²) in [4.78, 5) is 24.1. The first-order valence-electron chi connectivity index (χ1n) is 7.58. The van der Waals surface area contributed by atoms with Gasteiger partial charge in [0.1, 0.15) is 5.82 Å². The van der Waals surface area contributed by atoms with E-state index in [0.29, 0.717) is 34.8 Å². The molecular formula is C16H17Cl2N5O. The van der Waals surface area contributed by atoms with E-state index in [1.807, 2.05) is 11.0 Å². The van der Waals surface area contributed by atoms with Gasteiger partial charge in [-0.15, -0.1) is 0 Å². The number of anilines is 3. The van der Waals surface area contributed by atoms with Crippen molar-refractivity contribution in [3.8, 4) is 0 Å². The number of hydrogen-bond donors (Lipinski definition) is 1. The number of carbonyl (C=O) groups excluding carboxylic acids is 1. The smallest absolute Gasteiger partial charge is 0.229 e. The molecule has 126 valence electrons. The summed E-state index contributed by atoms with van der Waals surface area (Å²) in [5.41, 5.74) is 0.655. The highest BCUT2D eigenvalue weighted by Crippen LogP contribution is 2.27. The van der Waals surface area contributed by atoms with Crippen LogP contribution in [-0.4, -0.2) is 47.0 Å². The zero-order valence-corrected chi connectivity index (χ0v) is 14.7. The van der Waals surface area contributed by atoms with Crippen LogP contribution < -0.4 is 10.2 Å². The molecule has 0 unspecified atom stereocenters. The average Bonchev–Trinajstić information content (AvgIpc) is 2.58. The molecule has 2 heterocycles. The van der Waals surface area contributed by atoms with Gasteiger partial charge in [-0.2, -0.15) is 4.98 Å². The van der Waals surface area contributed by atoms with Crippen molar-refractivity contribution in [3.63, 3.8) is 0 Å². The van der Waals surface area contributed by atoms with E-state index >= 15 is 0 Å². The molecule has 1 aromatic carbocycles. The standard InChI is InChI=1S/C16H17Cl2N5O/c1-11(24)22-6-8-23(9-7-22)15-4-5-19-16(21-15)20-14-10-12(17)2-3-13(14)18/h2-5,10H,6-9H2,1H3,(H,19,20,21). The van der Waals surface area contributed by atoms with Crippen LogP contribution in [0, 0.1) is 0 Å². The highest BCUT2D eigenvalue weighted by atomic mass is 35.5. The Kier molecular flexibility index (Phi) is 5.06. The summed E-state index contributed by atoms with van der Waals surface area (Å²) >= 11 is 12.2. The Bertz CT molecular complexity index is 747. The lowest BCUT2D eigenvalue weighted by Gasteiger charge is -2.34. The molecule has 1 aliphatic rings. The fraction of sp³-hybridized carbons (Fsp3) is 0.312. The lowest BCUT2D eigenvalue weighted by atomic mass is 10.3. The van der Waals surface area contributed by atoms with Crippen molar-refractivity contribution >= 4 is 46.6 Å². The number of piperazine rings is 1. The number of benzene rings is 1. The number of hydrogen-bond acceptors (Lipinski definition) is 5. The van der Waals surface area contributed by atoms with Gasteiger partial charge in [0.2, 0.25) is 11.9 Å². The summed E-state index contributed by atoms with van der Waals surface area (Å²) in [6.07, 6.45) is 1.69. The van der Waals surface area contributed by atoms with Crippen LogP contribution >= 0.6 is 23.2 Å². The number of rotatable bonds is 3. The van der Waals surface area contributed by atoms with Gasteiger partial charge in [0.25, 0.3) is 0 Å². The molecule has 1 saturated heterocycles. The number of halogens is 2. The van der Waals surface area contributed by atoms with Crippen molar-refractivity contribution in [2.75, 3.05) is 36.4 Å². The first kappa shape index (κ1) is 16.8. The maximum absolute atomic E-state index is 11.4. The van der Waals surface area contributed by atoms with Crippen molar-refractivity contribution < 1.29 is 4.79 Å². The molecule has 1 amide bonds. The summed E-state index contributed by atoms with van der Waals surface area (Å²) in [7, 11) is 0. The number of nitrogens with zero attached hydrogens (tertiary/aromatic N) is 4. The molecule has 0 atom stereocenters. The normalized spacial score (nSPS) is 14.6. The molecule has 0 aliphatic carbocycles. The van der Waals surface area contributed by atoms with Crippen LogP contribution in [0.25, 0.3) is 0 Å². The number of aromatic nitrogens is 2. The maximum Gasteiger partial charge on any atom is 0.229 e. The molecule has 1 aliphatic heterocycles. The third kappa shape index (κ3) is 3.88. The number of amides is 1. The van der Waals surface area contributed by atoms with Gasteiger partial charge in [0, 0.05) is 44.3 Å². The van der Waals surface area contributed by atoms with Crippen molar-refractivity contribution in [2.45, 2.75) is 6.92 Å². The molecule has 0 radical (unpaired) electrons. The van der Waals surface area contributed by atoms with Gasteiger partial charge in [-0.1, -0.05) is 23.2 Å². The minimum atomic E-state index is 0.107. The second kappa shape index (κ2) is 7.23. The van der Waals surface area contributed by atoms with Gasteiger partial charge in [-0.05, 0) is 24.3 Å². The predicted octanol–water partition coefficient (Wildman–Crippen LogP) is 3.20. The number of nitrogens with one attached hydrogen (secondary N) is 1. The summed E-state index contributed by atoms with van der Waals surface area (Å²) in [6.45, 7) is 4.48. The summed E-state index contributed by atoms with van der Waals surface area (Å²) in [6, 6.07) is 7.03. The Labute approximate surface area is 150 Å². The fourth-order valence-electron chi connectivity index (χ4n) is 2.55. The molecule has 1 N–H and O–H groups in total. The molecule has 0 bridgehead atoms. The summed E-state index contributed by atoms with van der Waals surface area (Å²) in [5.74, 6) is 1.37. The second-order valence-corrected chi connectivity index (χ2v) is 6.32. The Morgan fingerprint density at radius 1 is 1.17 bits per heavy atom. The monoisotopic (exact) mass is 365 g/mol. The molecule has 1 aromatic heterocycles. The first-order chi connectivity index (χ1) is 11.5. The lowest BCUT2D eigenvalue weighted by molar-refractivity contribution is -0.129. The van der Waals surface area contributed by atoms with Gasteiger partial charge in [0.05, 0.1) is 10.7 Å². The van der Waals surface area contributed by atoms with Crippen LogP contribution in [-0.2, 0) is 4.79 Å². The molecule has 2 aromatic rings. The maximum atomic E-state index is 11.4. The Hall–Kier alpha value is -2.05. The molecular weight excluding hydrogens is 349 g/mol. The van der Waals surface area contributed by atoms with Crippen molar-refractivity contribution in [1.82, 2.24) is 14.9 Å². The van der Waals surface area contributed by atoms with E-state index in [1.54, 1.807) is 31.3 Å². The van der Waals surface area contributed by atoms with E-state index < -0.39 is 0 Å². The molecule has 8 heteroatoms. The van der Waals surface area contributed by atoms with Crippen LogP contribution in [0.3, 0.4) is 0 Å². The lowest BCUT2D eigenvalue weighted by Crippen LogP contribution is -2.48. The molecule has 1 fully saturated rings. The van der Waals surface area contributed by atoms with Crippen LogP contribution in [0.15, 0.2) is 30.5 Å². The van der Waals surface area contributed by atoms with E-state index in [0.717, 1.165) is 18.9 Å². The van der Waals surface area contributed by atoms with Crippen LogP contribution in [0.5, 0.6) is 0 Å². The third-order valence-electron chi connectivity index (χ3n) is 3.86. The highest BCUT2D eigenvalue weighted by molar-refractivity contribution is 6.35. The Morgan fingerprint density at radius 3 is 2.62 bits per heavy atom. The fourth-order valence-corrected chi connectivity index (χ4v) is 2.89. The SMILES string of the molecule is CC(=O)N1CCN(c2ccnc(Nc3cc(Cl)ccc3Cl)n2)CC1. The van der Waals surface area contributed by atoms with Crippen molar-refractivity contribution in [1.29, 1.82) is 0 Å². The van der Waals surface area contributed by atoms with Crippen molar-refractivity contribution in [2.24, 2.45) is 0 Å². The molecule has 0 saturated carbocycles. The van der Waals surface area contributed by atoms with E-state index in [1.165, 1.54) is 0 Å². The van der Waals surface area contributed by atoms with Crippen LogP contribution in [0.1, 0.15) is 6.92 Å². The molecule has 0 spiro atoms. The average molecular weight is 366 g/mol. The van der Waals surface area contributed by atoms with Gasteiger partial charge >= 0.3 is 0 Å². The topological polar surface area (TPSA) is 61.4 Å². The zero-order valence-electron chi connectivity index (χ0n) is 13.2. The van der Waals surface area contributed by atoms with E-state index in [-0.39, 0.29) is 5.91 Å². The summed E-state index contributed by atoms with van der Waals surface area (Å²) < 4.78 is 0. The molecule has 3 rings (SSSR count). The minimum Gasteiger partial charge on any atom is -0.353 e. The van der Waals surface area contributed by atoms with E-state index in [4.69, 9.17) is 23.2 Å². The van der Waals surface area contributed by atoms with Crippen LogP contribution in [0.4, 0.5) is 17.5 Å². The van der Waals surface area contributed by atoms with Crippen molar-refractivity contribution in [3.05, 3.63) is 40.5 Å². The minimum absolute atomic E-state index is 0.107. The third-order valence-corrected chi connectivity index (χ3v) is 4.43. The zero-order chi connectivity index (χ0) is 17.1. The second-order valence-electron chi connectivity index (χ2n) is 5.48. The van der Waals surface area contributed by atoms with Gasteiger partial charge in [0.15, 0.2) is 0 Å².